The molecule has 0 fully saturated rings. The van der Waals surface area contributed by atoms with Crippen LogP contribution in [0.25, 0.3) is 0 Å². The van der Waals surface area contributed by atoms with E-state index in [1.54, 1.807) is 14.2 Å². The molecule has 0 aromatic carbocycles. The molecule has 0 spiro atoms. The quantitative estimate of drug-likeness (QED) is 0.555. The van der Waals surface area contributed by atoms with Gasteiger partial charge in [-0.25, -0.2) is 0 Å². The van der Waals surface area contributed by atoms with Gasteiger partial charge in [0.25, 0.3) is 0 Å². The summed E-state index contributed by atoms with van der Waals surface area (Å²) in [5.74, 6) is -0.331. The van der Waals surface area contributed by atoms with Crippen LogP contribution in [0.15, 0.2) is 24.3 Å². The number of hydrogen-bond acceptors (Lipinski definition) is 3. The molecule has 1 N–H and O–H groups in total. The molecule has 86 valence electrons. The van der Waals surface area contributed by atoms with Gasteiger partial charge in [-0.15, -0.1) is 6.58 Å². The Morgan fingerprint density at radius 1 is 1.53 bits per heavy atom. The molecule has 0 amide bonds. The molecule has 1 aliphatic carbocycles. The molecule has 0 unspecified atom stereocenters. The van der Waals surface area contributed by atoms with Crippen molar-refractivity contribution in [2.45, 2.75) is 25.7 Å². The lowest BCUT2D eigenvalue weighted by molar-refractivity contribution is -0.232. The smallest absolute Gasteiger partial charge is 0.193 e. The molecule has 3 nitrogen and oxygen atoms in total. The Morgan fingerprint density at radius 3 is 2.60 bits per heavy atom. The first kappa shape index (κ1) is 12.4. The van der Waals surface area contributed by atoms with Crippen molar-refractivity contribution in [1.82, 2.24) is 5.32 Å². The van der Waals surface area contributed by atoms with Crippen molar-refractivity contribution < 1.29 is 9.47 Å². The molecule has 3 heteroatoms. The van der Waals surface area contributed by atoms with Gasteiger partial charge < -0.3 is 14.8 Å². The van der Waals surface area contributed by atoms with Crippen LogP contribution in [-0.4, -0.2) is 32.6 Å². The highest BCUT2D eigenvalue weighted by molar-refractivity contribution is 5.24. The molecule has 0 aromatic heterocycles. The zero-order valence-electron chi connectivity index (χ0n) is 10.0. The number of nitrogens with one attached hydrogen (secondary N) is 1. The van der Waals surface area contributed by atoms with E-state index in [1.807, 2.05) is 6.08 Å². The molecule has 0 aromatic rings. The van der Waals surface area contributed by atoms with Crippen LogP contribution < -0.4 is 5.32 Å². The van der Waals surface area contributed by atoms with Crippen LogP contribution in [0.4, 0.5) is 0 Å². The number of rotatable bonds is 5. The van der Waals surface area contributed by atoms with Crippen LogP contribution in [0.2, 0.25) is 0 Å². The SMILES string of the molecule is C=CCN[C@H]1C(C)=C[C@H](C)C1(OC)OC. The van der Waals surface area contributed by atoms with Crippen molar-refractivity contribution in [3.63, 3.8) is 0 Å². The van der Waals surface area contributed by atoms with Crippen molar-refractivity contribution in [3.8, 4) is 0 Å². The van der Waals surface area contributed by atoms with Gasteiger partial charge in [0.1, 0.15) is 0 Å². The Balaban J connectivity index is 2.88. The van der Waals surface area contributed by atoms with Crippen LogP contribution in [-0.2, 0) is 9.47 Å². The fraction of sp³-hybridized carbons (Fsp3) is 0.667. The van der Waals surface area contributed by atoms with Gasteiger partial charge >= 0.3 is 0 Å². The number of ether oxygens (including phenoxy) is 2. The predicted molar refractivity (Wildman–Crippen MR) is 61.7 cm³/mol. The highest BCUT2D eigenvalue weighted by Crippen LogP contribution is 2.37. The summed E-state index contributed by atoms with van der Waals surface area (Å²) in [7, 11) is 3.38. The molecule has 1 rings (SSSR count). The third kappa shape index (κ3) is 2.00. The zero-order chi connectivity index (χ0) is 11.5. The summed E-state index contributed by atoms with van der Waals surface area (Å²) in [6.07, 6.45) is 4.03. The Hall–Kier alpha value is -0.640. The maximum absolute atomic E-state index is 5.57. The molecule has 0 saturated heterocycles. The third-order valence-electron chi connectivity index (χ3n) is 3.11. The molecule has 0 bridgehead atoms. The van der Waals surface area contributed by atoms with Crippen LogP contribution in [0.1, 0.15) is 13.8 Å². The molecular formula is C12H21NO2. The Kier molecular flexibility index (Phi) is 4.08. The molecule has 0 radical (unpaired) electrons. The van der Waals surface area contributed by atoms with Gasteiger partial charge in [0.15, 0.2) is 5.79 Å². The molecule has 15 heavy (non-hydrogen) atoms. The minimum absolute atomic E-state index is 0.0977. The van der Waals surface area contributed by atoms with Crippen LogP contribution in [0.5, 0.6) is 0 Å². The van der Waals surface area contributed by atoms with Crippen molar-refractivity contribution in [3.05, 3.63) is 24.3 Å². The molecule has 0 aliphatic heterocycles. The lowest BCUT2D eigenvalue weighted by Crippen LogP contribution is -2.54. The Morgan fingerprint density at radius 2 is 2.13 bits per heavy atom. The average molecular weight is 211 g/mol. The minimum atomic E-state index is -0.576. The van der Waals surface area contributed by atoms with E-state index in [2.05, 4.69) is 31.8 Å². The van der Waals surface area contributed by atoms with Crippen LogP contribution >= 0.6 is 0 Å². The van der Waals surface area contributed by atoms with Gasteiger partial charge in [-0.1, -0.05) is 24.6 Å². The van der Waals surface area contributed by atoms with Gasteiger partial charge in [0, 0.05) is 26.7 Å². The summed E-state index contributed by atoms with van der Waals surface area (Å²) >= 11 is 0. The van der Waals surface area contributed by atoms with E-state index in [1.165, 1.54) is 5.57 Å². The monoisotopic (exact) mass is 211 g/mol. The largest absolute Gasteiger partial charge is 0.351 e. The van der Waals surface area contributed by atoms with Crippen LogP contribution in [0.3, 0.4) is 0 Å². The highest BCUT2D eigenvalue weighted by atomic mass is 16.7. The Labute approximate surface area is 92.1 Å². The van der Waals surface area contributed by atoms with Gasteiger partial charge in [-0.3, -0.25) is 0 Å². The molecule has 0 saturated carbocycles. The summed E-state index contributed by atoms with van der Waals surface area (Å²) in [5.41, 5.74) is 1.26. The molecular weight excluding hydrogens is 190 g/mol. The van der Waals surface area contributed by atoms with Crippen molar-refractivity contribution in [1.29, 1.82) is 0 Å². The van der Waals surface area contributed by atoms with Crippen molar-refractivity contribution in [2.75, 3.05) is 20.8 Å². The van der Waals surface area contributed by atoms with Gasteiger partial charge in [0.2, 0.25) is 0 Å². The fourth-order valence-corrected chi connectivity index (χ4v) is 2.38. The normalized spacial score (nSPS) is 28.9. The molecule has 1 aliphatic rings. The second kappa shape index (κ2) is 4.92. The minimum Gasteiger partial charge on any atom is -0.351 e. The van der Waals surface area contributed by atoms with Gasteiger partial charge in [-0.2, -0.15) is 0 Å². The van der Waals surface area contributed by atoms with E-state index in [0.717, 1.165) is 6.54 Å². The summed E-state index contributed by atoms with van der Waals surface area (Å²) in [5, 5.41) is 3.37. The maximum atomic E-state index is 5.57. The van der Waals surface area contributed by atoms with E-state index >= 15 is 0 Å². The van der Waals surface area contributed by atoms with E-state index in [4.69, 9.17) is 9.47 Å². The standard InChI is InChI=1S/C12H21NO2/c1-6-7-13-11-9(2)8-10(3)12(11,14-4)15-5/h6,8,10-11,13H,1,7H2,2-5H3/t10-,11-/m0/s1. The lowest BCUT2D eigenvalue weighted by Gasteiger charge is -2.37. The van der Waals surface area contributed by atoms with E-state index in [9.17, 15) is 0 Å². The first-order valence-electron chi connectivity index (χ1n) is 5.25. The predicted octanol–water partition coefficient (Wildman–Crippen LogP) is 1.72. The molecule has 2 atom stereocenters. The second-order valence-corrected chi connectivity index (χ2v) is 3.96. The van der Waals surface area contributed by atoms with Crippen molar-refractivity contribution >= 4 is 0 Å². The number of hydrogen-bond donors (Lipinski definition) is 1. The van der Waals surface area contributed by atoms with Gasteiger partial charge in [-0.05, 0) is 6.92 Å². The second-order valence-electron chi connectivity index (χ2n) is 3.96. The van der Waals surface area contributed by atoms with Crippen LogP contribution in [0, 0.1) is 5.92 Å². The lowest BCUT2D eigenvalue weighted by atomic mass is 9.99. The van der Waals surface area contributed by atoms with Gasteiger partial charge in [0.05, 0.1) is 6.04 Å². The summed E-state index contributed by atoms with van der Waals surface area (Å²) in [4.78, 5) is 0. The summed E-state index contributed by atoms with van der Waals surface area (Å²) < 4.78 is 11.1. The van der Waals surface area contributed by atoms with E-state index in [-0.39, 0.29) is 12.0 Å². The summed E-state index contributed by atoms with van der Waals surface area (Å²) in [6, 6.07) is 0.0977. The average Bonchev–Trinajstić information content (AvgIpc) is 2.47. The Bertz CT molecular complexity index is 256. The summed E-state index contributed by atoms with van der Waals surface area (Å²) in [6.45, 7) is 8.65. The molecule has 0 heterocycles. The topological polar surface area (TPSA) is 30.5 Å². The zero-order valence-corrected chi connectivity index (χ0v) is 10.0. The third-order valence-corrected chi connectivity index (χ3v) is 3.11. The fourth-order valence-electron chi connectivity index (χ4n) is 2.38. The first-order chi connectivity index (χ1) is 7.12. The maximum Gasteiger partial charge on any atom is 0.193 e. The van der Waals surface area contributed by atoms with Crippen molar-refractivity contribution in [2.24, 2.45) is 5.92 Å². The number of methoxy groups -OCH3 is 2. The highest BCUT2D eigenvalue weighted by Gasteiger charge is 2.48. The first-order valence-corrected chi connectivity index (χ1v) is 5.25. The van der Waals surface area contributed by atoms with E-state index in [0.29, 0.717) is 0 Å². The van der Waals surface area contributed by atoms with E-state index < -0.39 is 5.79 Å².